The zero-order valence-corrected chi connectivity index (χ0v) is 15.6. The predicted octanol–water partition coefficient (Wildman–Crippen LogP) is -0.148. The highest BCUT2D eigenvalue weighted by molar-refractivity contribution is 5.90. The molecule has 1 heterocycles. The molecule has 9 heteroatoms. The van der Waals surface area contributed by atoms with Crippen molar-refractivity contribution in [2.24, 2.45) is 11.5 Å². The summed E-state index contributed by atoms with van der Waals surface area (Å²) in [7, 11) is 0. The van der Waals surface area contributed by atoms with Crippen LogP contribution in [0.3, 0.4) is 0 Å². The molecule has 0 aliphatic heterocycles. The van der Waals surface area contributed by atoms with Crippen molar-refractivity contribution in [3.8, 4) is 0 Å². The van der Waals surface area contributed by atoms with Gasteiger partial charge in [0.15, 0.2) is 0 Å². The molecule has 28 heavy (non-hydrogen) atoms. The van der Waals surface area contributed by atoms with Gasteiger partial charge in [-0.15, -0.1) is 0 Å². The Balaban J connectivity index is 1.87. The monoisotopic (exact) mass is 389 g/mol. The number of carbonyl (C=O) groups excluding carboxylic acids is 2. The lowest BCUT2D eigenvalue weighted by molar-refractivity contribution is -0.141. The Hall–Kier alpha value is -2.91. The molecule has 9 nitrogen and oxygen atoms in total. The number of H-pyrrole nitrogens is 1. The second-order valence-corrected chi connectivity index (χ2v) is 6.63. The lowest BCUT2D eigenvalue weighted by atomic mass is 10.0. The van der Waals surface area contributed by atoms with Crippen molar-refractivity contribution in [3.05, 3.63) is 36.0 Å². The number of fused-ring (bicyclic) bond motifs is 1. The third-order valence-electron chi connectivity index (χ3n) is 4.46. The van der Waals surface area contributed by atoms with Gasteiger partial charge in [-0.3, -0.25) is 9.59 Å². The lowest BCUT2D eigenvalue weighted by Gasteiger charge is -2.16. The molecule has 0 saturated heterocycles. The summed E-state index contributed by atoms with van der Waals surface area (Å²) in [5, 5.41) is 15.2. The van der Waals surface area contributed by atoms with E-state index in [9.17, 15) is 19.5 Å². The molecule has 2 atom stereocenters. The number of aromatic amines is 1. The van der Waals surface area contributed by atoms with E-state index in [0.29, 0.717) is 13.0 Å². The fraction of sp³-hybridized carbons (Fsp3) is 0.421. The third-order valence-corrected chi connectivity index (χ3v) is 4.46. The van der Waals surface area contributed by atoms with E-state index in [-0.39, 0.29) is 13.0 Å². The smallest absolute Gasteiger partial charge is 0.326 e. The van der Waals surface area contributed by atoms with Crippen LogP contribution in [0.15, 0.2) is 30.5 Å². The van der Waals surface area contributed by atoms with E-state index < -0.39 is 29.9 Å². The van der Waals surface area contributed by atoms with E-state index in [1.54, 1.807) is 6.20 Å². The molecule has 1 aromatic heterocycles. The van der Waals surface area contributed by atoms with Crippen LogP contribution in [0.2, 0.25) is 0 Å². The van der Waals surface area contributed by atoms with Gasteiger partial charge in [0.05, 0.1) is 12.6 Å². The van der Waals surface area contributed by atoms with Crippen LogP contribution in [0, 0.1) is 0 Å². The number of rotatable bonds is 11. The minimum atomic E-state index is -1.15. The fourth-order valence-corrected chi connectivity index (χ4v) is 2.90. The van der Waals surface area contributed by atoms with Crippen molar-refractivity contribution < 1.29 is 19.5 Å². The Morgan fingerprint density at radius 2 is 1.93 bits per heavy atom. The van der Waals surface area contributed by atoms with Crippen LogP contribution in [0.25, 0.3) is 10.9 Å². The molecule has 0 unspecified atom stereocenters. The van der Waals surface area contributed by atoms with Gasteiger partial charge in [0.1, 0.15) is 6.04 Å². The second-order valence-electron chi connectivity index (χ2n) is 6.63. The zero-order chi connectivity index (χ0) is 20.5. The molecule has 0 fully saturated rings. The number of nitrogens with two attached hydrogens (primary N) is 2. The lowest BCUT2D eigenvalue weighted by Crippen LogP contribution is -2.49. The van der Waals surface area contributed by atoms with Crippen molar-refractivity contribution in [2.75, 3.05) is 13.1 Å². The summed E-state index contributed by atoms with van der Waals surface area (Å²) in [6.07, 6.45) is 3.83. The molecule has 0 bridgehead atoms. The van der Waals surface area contributed by atoms with Crippen LogP contribution in [0.1, 0.15) is 24.8 Å². The average molecular weight is 389 g/mol. The number of para-hydroxylation sites is 1. The predicted molar refractivity (Wildman–Crippen MR) is 105 cm³/mol. The van der Waals surface area contributed by atoms with Gasteiger partial charge in [0.2, 0.25) is 11.8 Å². The van der Waals surface area contributed by atoms with Crippen molar-refractivity contribution in [3.63, 3.8) is 0 Å². The van der Waals surface area contributed by atoms with Gasteiger partial charge in [0, 0.05) is 23.5 Å². The average Bonchev–Trinajstić information content (AvgIpc) is 3.08. The third kappa shape index (κ3) is 6.07. The van der Waals surface area contributed by atoms with E-state index in [1.165, 1.54) is 0 Å². The van der Waals surface area contributed by atoms with Gasteiger partial charge in [-0.25, -0.2) is 4.79 Å². The number of amides is 2. The van der Waals surface area contributed by atoms with Crippen LogP contribution in [-0.2, 0) is 20.8 Å². The van der Waals surface area contributed by atoms with Gasteiger partial charge >= 0.3 is 5.97 Å². The maximum absolute atomic E-state index is 12.1. The molecule has 0 aliphatic rings. The highest BCUT2D eigenvalue weighted by atomic mass is 16.4. The molecule has 1 aromatic carbocycles. The Kier molecular flexibility index (Phi) is 7.97. The number of unbranched alkanes of at least 4 members (excludes halogenated alkanes) is 1. The molecule has 8 N–H and O–H groups in total. The maximum atomic E-state index is 12.1. The highest BCUT2D eigenvalue weighted by Crippen LogP contribution is 2.19. The summed E-state index contributed by atoms with van der Waals surface area (Å²) in [6, 6.07) is 5.68. The SMILES string of the molecule is NCCCC[C@H](N)C(=O)NCC(=O)N[C@@H](Cc1c[nH]c2ccccc12)C(=O)O. The van der Waals surface area contributed by atoms with Crippen molar-refractivity contribution in [1.29, 1.82) is 0 Å². The van der Waals surface area contributed by atoms with Crippen molar-refractivity contribution >= 4 is 28.7 Å². The quantitative estimate of drug-likeness (QED) is 0.293. The van der Waals surface area contributed by atoms with Crippen LogP contribution in [0.4, 0.5) is 0 Å². The summed E-state index contributed by atoms with van der Waals surface area (Å²) in [6.45, 7) is 0.199. The number of carboxylic acids is 1. The van der Waals surface area contributed by atoms with Crippen LogP contribution >= 0.6 is 0 Å². The molecule has 152 valence electrons. The topological polar surface area (TPSA) is 163 Å². The van der Waals surface area contributed by atoms with Crippen molar-refractivity contribution in [1.82, 2.24) is 15.6 Å². The molecule has 0 spiro atoms. The number of aromatic nitrogens is 1. The van der Waals surface area contributed by atoms with Crippen LogP contribution in [-0.4, -0.2) is 53.0 Å². The second kappa shape index (κ2) is 10.4. The molecule has 2 rings (SSSR count). The summed E-state index contributed by atoms with van der Waals surface area (Å²) >= 11 is 0. The summed E-state index contributed by atoms with van der Waals surface area (Å²) in [5.41, 5.74) is 12.8. The maximum Gasteiger partial charge on any atom is 0.326 e. The normalized spacial score (nSPS) is 13.1. The number of hydrogen-bond donors (Lipinski definition) is 6. The molecule has 2 aromatic rings. The van der Waals surface area contributed by atoms with Gasteiger partial charge in [-0.05, 0) is 31.0 Å². The first kappa shape index (κ1) is 21.4. The summed E-state index contributed by atoms with van der Waals surface area (Å²) in [5.74, 6) is -2.19. The van der Waals surface area contributed by atoms with E-state index in [1.807, 2.05) is 24.3 Å². The van der Waals surface area contributed by atoms with E-state index >= 15 is 0 Å². The standard InChI is InChI=1S/C19H27N5O4/c20-8-4-3-6-14(21)18(26)23-11-17(25)24-16(19(27)28)9-12-10-22-15-7-2-1-5-13(12)15/h1-2,5,7,10,14,16,22H,3-4,6,8-9,11,20-21H2,(H,23,26)(H,24,25)(H,27,28)/t14-,16-/m0/s1. The van der Waals surface area contributed by atoms with Crippen LogP contribution < -0.4 is 22.1 Å². The number of carboxylic acid groups (broad SMARTS) is 1. The fourth-order valence-electron chi connectivity index (χ4n) is 2.90. The first-order valence-electron chi connectivity index (χ1n) is 9.23. The number of carbonyl (C=O) groups is 3. The summed E-state index contributed by atoms with van der Waals surface area (Å²) < 4.78 is 0. The Morgan fingerprint density at radius 1 is 1.18 bits per heavy atom. The van der Waals surface area contributed by atoms with Gasteiger partial charge in [-0.2, -0.15) is 0 Å². The minimum absolute atomic E-state index is 0.123. The Morgan fingerprint density at radius 3 is 2.64 bits per heavy atom. The molecule has 0 saturated carbocycles. The van der Waals surface area contributed by atoms with E-state index in [4.69, 9.17) is 11.5 Å². The van der Waals surface area contributed by atoms with Crippen LogP contribution in [0.5, 0.6) is 0 Å². The number of aliphatic carboxylic acids is 1. The number of hydrogen-bond acceptors (Lipinski definition) is 5. The largest absolute Gasteiger partial charge is 0.480 e. The minimum Gasteiger partial charge on any atom is -0.480 e. The molecule has 0 aliphatic carbocycles. The number of benzene rings is 1. The molecular formula is C19H27N5O4. The molecular weight excluding hydrogens is 362 g/mol. The Bertz CT molecular complexity index is 820. The zero-order valence-electron chi connectivity index (χ0n) is 15.6. The highest BCUT2D eigenvalue weighted by Gasteiger charge is 2.22. The summed E-state index contributed by atoms with van der Waals surface area (Å²) in [4.78, 5) is 38.6. The van der Waals surface area contributed by atoms with Gasteiger partial charge < -0.3 is 32.2 Å². The number of nitrogens with one attached hydrogen (secondary N) is 3. The van der Waals surface area contributed by atoms with E-state index in [2.05, 4.69) is 15.6 Å². The van der Waals surface area contributed by atoms with Crippen molar-refractivity contribution in [2.45, 2.75) is 37.8 Å². The Labute approximate surface area is 162 Å². The van der Waals surface area contributed by atoms with E-state index in [0.717, 1.165) is 29.3 Å². The molecule has 2 amide bonds. The van der Waals surface area contributed by atoms with Gasteiger partial charge in [0.25, 0.3) is 0 Å². The first-order chi connectivity index (χ1) is 13.4. The first-order valence-corrected chi connectivity index (χ1v) is 9.23. The molecule has 0 radical (unpaired) electrons. The van der Waals surface area contributed by atoms with Gasteiger partial charge in [-0.1, -0.05) is 24.6 Å².